The molecule has 0 radical (unpaired) electrons. The first-order valence-corrected chi connectivity index (χ1v) is 3.71. The van der Waals surface area contributed by atoms with Crippen LogP contribution in [0.2, 0.25) is 0 Å². The van der Waals surface area contributed by atoms with E-state index in [9.17, 15) is 19.2 Å². The van der Waals surface area contributed by atoms with Crippen LogP contribution in [0.3, 0.4) is 0 Å². The fraction of sp³-hybridized carbons (Fsp3) is 0.500. The fourth-order valence-corrected chi connectivity index (χ4v) is 1.33. The quantitative estimate of drug-likeness (QED) is 0.409. The van der Waals surface area contributed by atoms with E-state index in [0.29, 0.717) is 0 Å². The van der Waals surface area contributed by atoms with E-state index < -0.39 is 28.1 Å². The van der Waals surface area contributed by atoms with Crippen LogP contribution in [-0.2, 0) is 19.2 Å². The number of nitrogens with zero attached hydrogens (tertiary/aromatic N) is 1. The minimum Gasteiger partial charge on any atom is -1.00 e. The highest BCUT2D eigenvalue weighted by Gasteiger charge is 2.49. The van der Waals surface area contributed by atoms with E-state index in [0.717, 1.165) is 27.7 Å². The van der Waals surface area contributed by atoms with E-state index in [-0.39, 0.29) is 12.4 Å². The molecule has 0 spiro atoms. The molecule has 0 aliphatic heterocycles. The Labute approximate surface area is 88.1 Å². The molecule has 0 atom stereocenters. The lowest BCUT2D eigenvalue weighted by molar-refractivity contribution is -0.624. The summed E-state index contributed by atoms with van der Waals surface area (Å²) in [5.41, 5.74) is 0. The maximum Gasteiger partial charge on any atom is 0.332 e. The smallest absolute Gasteiger partial charge is 0.332 e. The van der Waals surface area contributed by atoms with Crippen molar-refractivity contribution < 1.29 is 36.1 Å². The Balaban J connectivity index is 0. The van der Waals surface area contributed by atoms with Gasteiger partial charge in [0.25, 0.3) is 0 Å². The minimum absolute atomic E-state index is 0. The molecule has 0 aliphatic rings. The normalized spacial score (nSPS) is 10.0. The SMILES string of the molecule is CC(=O)[N+](C(C)=O)(C(C)=O)C(C)=O.[Cl-]. The maximum absolute atomic E-state index is 11.1. The Morgan fingerprint density at radius 1 is 0.643 bits per heavy atom. The van der Waals surface area contributed by atoms with Crippen molar-refractivity contribution >= 4 is 23.6 Å². The van der Waals surface area contributed by atoms with Crippen molar-refractivity contribution in [1.29, 1.82) is 0 Å². The van der Waals surface area contributed by atoms with Crippen molar-refractivity contribution in [3.05, 3.63) is 0 Å². The third-order valence-corrected chi connectivity index (χ3v) is 1.89. The second-order valence-corrected chi connectivity index (χ2v) is 2.75. The van der Waals surface area contributed by atoms with Gasteiger partial charge in [-0.25, -0.2) is 19.2 Å². The summed E-state index contributed by atoms with van der Waals surface area (Å²) in [5, 5.41) is 0. The monoisotopic (exact) mass is 221 g/mol. The van der Waals surface area contributed by atoms with Gasteiger partial charge in [0.2, 0.25) is 0 Å². The Kier molecular flexibility index (Phi) is 5.47. The molecule has 0 aromatic rings. The number of carbonyl (C=O) groups excluding carboxylic acids is 4. The maximum atomic E-state index is 11.1. The molecular formula is C8H12ClNO4. The molecule has 0 heterocycles. The summed E-state index contributed by atoms with van der Waals surface area (Å²) in [5.74, 6) is -3.08. The molecule has 6 heteroatoms. The predicted molar refractivity (Wildman–Crippen MR) is 43.0 cm³/mol. The molecule has 4 amide bonds. The summed E-state index contributed by atoms with van der Waals surface area (Å²) in [6, 6.07) is 0. The molecule has 0 unspecified atom stereocenters. The molecule has 0 fully saturated rings. The minimum atomic E-state index is -1.33. The van der Waals surface area contributed by atoms with Crippen molar-refractivity contribution in [3.8, 4) is 0 Å². The number of rotatable bonds is 0. The lowest BCUT2D eigenvalue weighted by Crippen LogP contribution is -3.00. The third kappa shape index (κ3) is 2.05. The first-order valence-electron chi connectivity index (χ1n) is 3.71. The van der Waals surface area contributed by atoms with E-state index in [1.165, 1.54) is 0 Å². The standard InChI is InChI=1S/C8H12NO4.ClH/c1-5(10)9(6(2)11,7(3)12)8(4)13;/h1-4H3;1H/q+1;/p-1. The molecule has 0 saturated carbocycles. The highest BCUT2D eigenvalue weighted by molar-refractivity contribution is 6.07. The van der Waals surface area contributed by atoms with Gasteiger partial charge in [0, 0.05) is 0 Å². The van der Waals surface area contributed by atoms with Gasteiger partial charge in [-0.2, -0.15) is 0 Å². The molecule has 14 heavy (non-hydrogen) atoms. The highest BCUT2D eigenvalue weighted by atomic mass is 35.5. The molecule has 80 valence electrons. The fourth-order valence-electron chi connectivity index (χ4n) is 1.33. The summed E-state index contributed by atoms with van der Waals surface area (Å²) in [4.78, 5) is 44.4. The lowest BCUT2D eigenvalue weighted by atomic mass is 10.3. The molecular weight excluding hydrogens is 210 g/mol. The van der Waals surface area contributed by atoms with Gasteiger partial charge < -0.3 is 12.4 Å². The van der Waals surface area contributed by atoms with Crippen LogP contribution < -0.4 is 12.4 Å². The van der Waals surface area contributed by atoms with Crippen molar-refractivity contribution in [2.24, 2.45) is 0 Å². The van der Waals surface area contributed by atoms with Crippen molar-refractivity contribution in [1.82, 2.24) is 0 Å². The zero-order chi connectivity index (χ0) is 10.8. The van der Waals surface area contributed by atoms with Crippen molar-refractivity contribution in [3.63, 3.8) is 0 Å². The number of hydrogen-bond donors (Lipinski definition) is 0. The van der Waals surface area contributed by atoms with Gasteiger partial charge in [-0.15, -0.1) is 0 Å². The molecule has 0 N–H and O–H groups in total. The Morgan fingerprint density at radius 2 is 0.786 bits per heavy atom. The summed E-state index contributed by atoms with van der Waals surface area (Å²) >= 11 is 0. The molecule has 0 saturated heterocycles. The first kappa shape index (κ1) is 15.4. The molecule has 0 aromatic carbocycles. The number of hydrogen-bond acceptors (Lipinski definition) is 4. The molecule has 0 aliphatic carbocycles. The molecule has 0 rings (SSSR count). The van der Waals surface area contributed by atoms with E-state index in [4.69, 9.17) is 0 Å². The number of carbonyl (C=O) groups is 4. The summed E-state index contributed by atoms with van der Waals surface area (Å²) < 4.78 is -1.33. The molecule has 0 aromatic heterocycles. The molecule has 0 bridgehead atoms. The molecule has 5 nitrogen and oxygen atoms in total. The highest BCUT2D eigenvalue weighted by Crippen LogP contribution is 2.10. The zero-order valence-electron chi connectivity index (χ0n) is 8.46. The van der Waals surface area contributed by atoms with Crippen LogP contribution in [0.25, 0.3) is 0 Å². The van der Waals surface area contributed by atoms with Crippen LogP contribution in [0.1, 0.15) is 27.7 Å². The van der Waals surface area contributed by atoms with Gasteiger partial charge >= 0.3 is 23.6 Å². The Hall–Kier alpha value is -1.07. The van der Waals surface area contributed by atoms with Crippen LogP contribution in [0, 0.1) is 0 Å². The predicted octanol–water partition coefficient (Wildman–Crippen LogP) is -3.01. The summed E-state index contributed by atoms with van der Waals surface area (Å²) in [6.45, 7) is 4.18. The summed E-state index contributed by atoms with van der Waals surface area (Å²) in [7, 11) is 0. The van der Waals surface area contributed by atoms with Gasteiger partial charge in [-0.1, -0.05) is 4.48 Å². The Morgan fingerprint density at radius 3 is 0.786 bits per heavy atom. The van der Waals surface area contributed by atoms with E-state index >= 15 is 0 Å². The second kappa shape index (κ2) is 4.97. The van der Waals surface area contributed by atoms with Crippen molar-refractivity contribution in [2.75, 3.05) is 0 Å². The van der Waals surface area contributed by atoms with Gasteiger partial charge in [-0.05, 0) is 0 Å². The van der Waals surface area contributed by atoms with Gasteiger partial charge in [0.15, 0.2) is 0 Å². The average molecular weight is 222 g/mol. The van der Waals surface area contributed by atoms with Crippen LogP contribution in [0.15, 0.2) is 0 Å². The largest absolute Gasteiger partial charge is 1.00 e. The first-order chi connectivity index (χ1) is 5.77. The number of imide groups is 6. The van der Waals surface area contributed by atoms with Gasteiger partial charge in [0.1, 0.15) is 0 Å². The van der Waals surface area contributed by atoms with E-state index in [1.54, 1.807) is 0 Å². The van der Waals surface area contributed by atoms with Gasteiger partial charge in [0.05, 0.1) is 27.7 Å². The Bertz CT molecular complexity index is 236. The van der Waals surface area contributed by atoms with Gasteiger partial charge in [-0.3, -0.25) is 0 Å². The number of quaternary nitrogens is 1. The second-order valence-electron chi connectivity index (χ2n) is 2.75. The zero-order valence-corrected chi connectivity index (χ0v) is 9.21. The van der Waals surface area contributed by atoms with E-state index in [1.807, 2.05) is 0 Å². The van der Waals surface area contributed by atoms with E-state index in [2.05, 4.69) is 0 Å². The number of halogens is 1. The third-order valence-electron chi connectivity index (χ3n) is 1.89. The average Bonchev–Trinajstić information content (AvgIpc) is 1.82. The lowest BCUT2D eigenvalue weighted by Gasteiger charge is -2.22. The summed E-state index contributed by atoms with van der Waals surface area (Å²) in [6.07, 6.45) is 0. The van der Waals surface area contributed by atoms with Crippen LogP contribution in [-0.4, -0.2) is 28.1 Å². The number of amides is 4. The van der Waals surface area contributed by atoms with Crippen LogP contribution >= 0.6 is 0 Å². The van der Waals surface area contributed by atoms with Crippen LogP contribution in [0.5, 0.6) is 0 Å². The topological polar surface area (TPSA) is 68.3 Å². The van der Waals surface area contributed by atoms with Crippen LogP contribution in [0.4, 0.5) is 0 Å². The van der Waals surface area contributed by atoms with Crippen molar-refractivity contribution in [2.45, 2.75) is 27.7 Å².